The minimum Gasteiger partial charge on any atom is -0.444 e. The SMILES string of the molecule is CC(C)(C)OC(=O)N1CC2COCC(C1)C2CO. The molecule has 2 saturated heterocycles. The quantitative estimate of drug-likeness (QED) is 0.764. The van der Waals surface area contributed by atoms with Gasteiger partial charge in [-0.3, -0.25) is 0 Å². The maximum absolute atomic E-state index is 12.0. The van der Waals surface area contributed by atoms with Crippen molar-refractivity contribution < 1.29 is 19.4 Å². The van der Waals surface area contributed by atoms with E-state index in [0.29, 0.717) is 26.3 Å². The van der Waals surface area contributed by atoms with E-state index in [1.165, 1.54) is 0 Å². The van der Waals surface area contributed by atoms with Crippen molar-refractivity contribution in [2.75, 3.05) is 32.9 Å². The molecular weight excluding hydrogens is 234 g/mol. The molecule has 0 aromatic carbocycles. The highest BCUT2D eigenvalue weighted by molar-refractivity contribution is 5.68. The standard InChI is InChI=1S/C13H23NO4/c1-13(2,3)18-12(16)14-4-9-7-17-8-10(5-14)11(9)6-15/h9-11,15H,4-8H2,1-3H3. The van der Waals surface area contributed by atoms with Crippen LogP contribution in [0, 0.1) is 17.8 Å². The molecular formula is C13H23NO4. The van der Waals surface area contributed by atoms with Gasteiger partial charge >= 0.3 is 6.09 Å². The van der Waals surface area contributed by atoms with Gasteiger partial charge in [0, 0.05) is 31.5 Å². The summed E-state index contributed by atoms with van der Waals surface area (Å²) in [5.74, 6) is 0.725. The number of aliphatic hydroxyl groups excluding tert-OH is 1. The predicted octanol–water partition coefficient (Wildman–Crippen LogP) is 1.11. The molecule has 2 rings (SSSR count). The normalized spacial score (nSPS) is 32.2. The summed E-state index contributed by atoms with van der Waals surface area (Å²) >= 11 is 0. The summed E-state index contributed by atoms with van der Waals surface area (Å²) in [5.41, 5.74) is -0.462. The topological polar surface area (TPSA) is 59.0 Å². The molecule has 2 aliphatic heterocycles. The zero-order valence-electron chi connectivity index (χ0n) is 11.4. The summed E-state index contributed by atoms with van der Waals surface area (Å²) in [6, 6.07) is 0. The van der Waals surface area contributed by atoms with Crippen LogP contribution in [-0.4, -0.2) is 54.6 Å². The second-order valence-electron chi connectivity index (χ2n) is 6.29. The van der Waals surface area contributed by atoms with Gasteiger partial charge in [0.25, 0.3) is 0 Å². The third-order valence-corrected chi connectivity index (χ3v) is 3.65. The van der Waals surface area contributed by atoms with E-state index in [2.05, 4.69) is 0 Å². The number of piperidine rings is 1. The summed E-state index contributed by atoms with van der Waals surface area (Å²) in [6.45, 7) is 8.29. The first-order chi connectivity index (χ1) is 8.40. The first-order valence-corrected chi connectivity index (χ1v) is 6.57. The Kier molecular flexibility index (Phi) is 3.82. The fourth-order valence-electron chi connectivity index (χ4n) is 2.79. The number of hydrogen-bond donors (Lipinski definition) is 1. The molecule has 2 atom stereocenters. The summed E-state index contributed by atoms with van der Waals surface area (Å²) in [7, 11) is 0. The number of carbonyl (C=O) groups excluding carboxylic acids is 1. The van der Waals surface area contributed by atoms with Crippen molar-refractivity contribution in [1.29, 1.82) is 0 Å². The van der Waals surface area contributed by atoms with Crippen LogP contribution in [-0.2, 0) is 9.47 Å². The van der Waals surface area contributed by atoms with Gasteiger partial charge in [0.1, 0.15) is 5.60 Å². The average Bonchev–Trinajstić information content (AvgIpc) is 2.24. The molecule has 5 nitrogen and oxygen atoms in total. The van der Waals surface area contributed by atoms with Crippen LogP contribution in [0.5, 0.6) is 0 Å². The van der Waals surface area contributed by atoms with E-state index in [4.69, 9.17) is 9.47 Å². The molecule has 0 saturated carbocycles. The first kappa shape index (κ1) is 13.6. The highest BCUT2D eigenvalue weighted by Crippen LogP contribution is 2.33. The first-order valence-electron chi connectivity index (χ1n) is 6.57. The summed E-state index contributed by atoms with van der Waals surface area (Å²) in [5, 5.41) is 9.42. The molecule has 2 fully saturated rings. The maximum Gasteiger partial charge on any atom is 0.410 e. The predicted molar refractivity (Wildman–Crippen MR) is 66.2 cm³/mol. The summed E-state index contributed by atoms with van der Waals surface area (Å²) in [4.78, 5) is 13.8. The summed E-state index contributed by atoms with van der Waals surface area (Å²) in [6.07, 6.45) is -0.254. The maximum atomic E-state index is 12.0. The zero-order valence-corrected chi connectivity index (χ0v) is 11.4. The lowest BCUT2D eigenvalue weighted by atomic mass is 9.77. The minimum absolute atomic E-state index is 0.181. The number of rotatable bonds is 1. The van der Waals surface area contributed by atoms with Crippen LogP contribution < -0.4 is 0 Å². The Balaban J connectivity index is 1.99. The lowest BCUT2D eigenvalue weighted by Crippen LogP contribution is -2.55. The molecule has 0 radical (unpaired) electrons. The molecule has 0 spiro atoms. The third kappa shape index (κ3) is 2.95. The fourth-order valence-corrected chi connectivity index (χ4v) is 2.79. The van der Waals surface area contributed by atoms with Crippen molar-refractivity contribution in [3.63, 3.8) is 0 Å². The van der Waals surface area contributed by atoms with Gasteiger partial charge in [-0.25, -0.2) is 4.79 Å². The molecule has 104 valence electrons. The van der Waals surface area contributed by atoms with E-state index in [1.807, 2.05) is 20.8 Å². The van der Waals surface area contributed by atoms with Gasteiger partial charge in [0.2, 0.25) is 0 Å². The number of likely N-dealkylation sites (tertiary alicyclic amines) is 1. The number of amides is 1. The van der Waals surface area contributed by atoms with E-state index in [1.54, 1.807) is 4.90 Å². The van der Waals surface area contributed by atoms with Gasteiger partial charge < -0.3 is 19.5 Å². The highest BCUT2D eigenvalue weighted by atomic mass is 16.6. The van der Waals surface area contributed by atoms with Gasteiger partial charge in [-0.15, -0.1) is 0 Å². The molecule has 5 heteroatoms. The highest BCUT2D eigenvalue weighted by Gasteiger charge is 2.42. The van der Waals surface area contributed by atoms with Gasteiger partial charge in [-0.2, -0.15) is 0 Å². The van der Waals surface area contributed by atoms with Crippen molar-refractivity contribution in [3.05, 3.63) is 0 Å². The van der Waals surface area contributed by atoms with Gasteiger partial charge in [-0.05, 0) is 26.7 Å². The van der Waals surface area contributed by atoms with Crippen LogP contribution in [0.2, 0.25) is 0 Å². The Bertz CT molecular complexity index is 299. The molecule has 0 aliphatic carbocycles. The zero-order chi connectivity index (χ0) is 13.3. The minimum atomic E-state index is -0.462. The van der Waals surface area contributed by atoms with E-state index < -0.39 is 5.60 Å². The van der Waals surface area contributed by atoms with Crippen LogP contribution in [0.15, 0.2) is 0 Å². The van der Waals surface area contributed by atoms with Crippen LogP contribution in [0.1, 0.15) is 20.8 Å². The second-order valence-corrected chi connectivity index (χ2v) is 6.29. The van der Waals surface area contributed by atoms with Crippen LogP contribution in [0.4, 0.5) is 4.79 Å². The monoisotopic (exact) mass is 257 g/mol. The van der Waals surface area contributed by atoms with Gasteiger partial charge in [-0.1, -0.05) is 0 Å². The van der Waals surface area contributed by atoms with Crippen molar-refractivity contribution >= 4 is 6.09 Å². The van der Waals surface area contributed by atoms with Crippen molar-refractivity contribution in [1.82, 2.24) is 4.90 Å². The van der Waals surface area contributed by atoms with Crippen LogP contribution >= 0.6 is 0 Å². The Morgan fingerprint density at radius 2 is 1.89 bits per heavy atom. The number of aliphatic hydroxyl groups is 1. The number of fused-ring (bicyclic) bond motifs is 2. The number of carbonyl (C=O) groups is 1. The Hall–Kier alpha value is -0.810. The Labute approximate surface area is 108 Å². The number of hydrogen-bond acceptors (Lipinski definition) is 4. The Morgan fingerprint density at radius 1 is 1.33 bits per heavy atom. The third-order valence-electron chi connectivity index (χ3n) is 3.65. The fraction of sp³-hybridized carbons (Fsp3) is 0.923. The molecule has 2 unspecified atom stereocenters. The number of nitrogens with zero attached hydrogens (tertiary/aromatic N) is 1. The average molecular weight is 257 g/mol. The van der Waals surface area contributed by atoms with Crippen molar-refractivity contribution in [2.45, 2.75) is 26.4 Å². The second kappa shape index (κ2) is 5.05. The molecule has 1 N–H and O–H groups in total. The largest absolute Gasteiger partial charge is 0.444 e. The smallest absolute Gasteiger partial charge is 0.410 e. The van der Waals surface area contributed by atoms with Crippen LogP contribution in [0.25, 0.3) is 0 Å². The molecule has 1 amide bonds. The molecule has 18 heavy (non-hydrogen) atoms. The van der Waals surface area contributed by atoms with Crippen LogP contribution in [0.3, 0.4) is 0 Å². The molecule has 0 aromatic heterocycles. The van der Waals surface area contributed by atoms with E-state index in [9.17, 15) is 9.90 Å². The lowest BCUT2D eigenvalue weighted by molar-refractivity contribution is -0.0971. The van der Waals surface area contributed by atoms with Crippen molar-refractivity contribution in [3.8, 4) is 0 Å². The van der Waals surface area contributed by atoms with Gasteiger partial charge in [0.05, 0.1) is 13.2 Å². The van der Waals surface area contributed by atoms with Gasteiger partial charge in [0.15, 0.2) is 0 Å². The van der Waals surface area contributed by atoms with Crippen molar-refractivity contribution in [2.24, 2.45) is 17.8 Å². The Morgan fingerprint density at radius 3 is 2.33 bits per heavy atom. The molecule has 2 bridgehead atoms. The van der Waals surface area contributed by atoms with E-state index in [-0.39, 0.29) is 30.5 Å². The molecule has 2 aliphatic rings. The van der Waals surface area contributed by atoms with E-state index in [0.717, 1.165) is 0 Å². The van der Waals surface area contributed by atoms with E-state index >= 15 is 0 Å². The summed E-state index contributed by atoms with van der Waals surface area (Å²) < 4.78 is 10.9. The molecule has 2 heterocycles. The lowest BCUT2D eigenvalue weighted by Gasteiger charge is -2.46. The molecule has 0 aromatic rings. The number of ether oxygens (including phenoxy) is 2.